The van der Waals surface area contributed by atoms with Gasteiger partial charge in [0.05, 0.1) is 40.4 Å². The Morgan fingerprint density at radius 2 is 1.48 bits per heavy atom. The SMILES string of the molecule is COc1cc(OC)c(OC)cc1C=C1Oc2c(ccc3c2C(c2cc(OC)c4c(c2)OCCO4)CC(=O)O3)C1=O. The van der Waals surface area contributed by atoms with E-state index in [-0.39, 0.29) is 18.0 Å². The number of carbonyl (C=O) groups is 2. The standard InChI is InChI=1S/C30H26O10/c1-33-20-14-22(35-3)21(34-2)11-16(20)12-23-28(32)17-5-6-19-27(29(17)40-23)18(13-26(31)39-19)15-9-24(36-4)30-25(10-15)37-7-8-38-30/h5-6,9-12,14,18H,7-8,13H2,1-4H3. The van der Waals surface area contributed by atoms with Gasteiger partial charge in [-0.15, -0.1) is 0 Å². The Bertz CT molecular complexity index is 1550. The third-order valence-electron chi connectivity index (χ3n) is 7.05. The minimum absolute atomic E-state index is 0.0341. The first-order valence-corrected chi connectivity index (χ1v) is 12.5. The maximum atomic E-state index is 13.5. The highest BCUT2D eigenvalue weighted by molar-refractivity contribution is 6.15. The third kappa shape index (κ3) is 4.12. The highest BCUT2D eigenvalue weighted by Crippen LogP contribution is 2.51. The zero-order valence-electron chi connectivity index (χ0n) is 22.3. The Hall–Kier alpha value is -4.86. The van der Waals surface area contributed by atoms with Gasteiger partial charge in [0.2, 0.25) is 11.5 Å². The second-order valence-electron chi connectivity index (χ2n) is 9.22. The number of Topliss-reactive ketones (excluding diaryl/α,β-unsaturated/α-hetero) is 1. The van der Waals surface area contributed by atoms with Crippen LogP contribution < -0.4 is 37.9 Å². The fraction of sp³-hybridized carbons (Fsp3) is 0.267. The summed E-state index contributed by atoms with van der Waals surface area (Å²) in [5, 5.41) is 0. The van der Waals surface area contributed by atoms with Crippen molar-refractivity contribution in [3.05, 3.63) is 64.4 Å². The summed E-state index contributed by atoms with van der Waals surface area (Å²) in [5.41, 5.74) is 2.25. The molecule has 0 saturated carbocycles. The first-order valence-electron chi connectivity index (χ1n) is 12.5. The second kappa shape index (κ2) is 10.0. The van der Waals surface area contributed by atoms with Gasteiger partial charge in [-0.2, -0.15) is 0 Å². The van der Waals surface area contributed by atoms with Crippen LogP contribution in [0.4, 0.5) is 0 Å². The average molecular weight is 547 g/mol. The molecule has 0 aliphatic carbocycles. The summed E-state index contributed by atoms with van der Waals surface area (Å²) in [6.45, 7) is 0.800. The normalized spacial score (nSPS) is 17.9. The van der Waals surface area contributed by atoms with E-state index < -0.39 is 11.9 Å². The van der Waals surface area contributed by atoms with E-state index in [0.29, 0.717) is 75.9 Å². The van der Waals surface area contributed by atoms with Gasteiger partial charge >= 0.3 is 5.97 Å². The van der Waals surface area contributed by atoms with Gasteiger partial charge < -0.3 is 37.9 Å². The molecule has 1 atom stereocenters. The van der Waals surface area contributed by atoms with Crippen LogP contribution in [0, 0.1) is 0 Å². The summed E-state index contributed by atoms with van der Waals surface area (Å²) in [5.74, 6) is 2.47. The summed E-state index contributed by atoms with van der Waals surface area (Å²) < 4.78 is 45.2. The number of rotatable bonds is 6. The van der Waals surface area contributed by atoms with Crippen LogP contribution in [-0.4, -0.2) is 53.4 Å². The van der Waals surface area contributed by atoms with Crippen molar-refractivity contribution in [1.29, 1.82) is 0 Å². The van der Waals surface area contributed by atoms with E-state index in [1.807, 2.05) is 12.1 Å². The number of allylic oxidation sites excluding steroid dienone is 1. The van der Waals surface area contributed by atoms with Gasteiger partial charge in [0.1, 0.15) is 30.5 Å². The van der Waals surface area contributed by atoms with Crippen LogP contribution in [0.2, 0.25) is 0 Å². The first-order chi connectivity index (χ1) is 19.4. The van der Waals surface area contributed by atoms with E-state index >= 15 is 0 Å². The first kappa shape index (κ1) is 25.4. The Morgan fingerprint density at radius 3 is 2.23 bits per heavy atom. The van der Waals surface area contributed by atoms with Crippen LogP contribution in [0.25, 0.3) is 6.08 Å². The van der Waals surface area contributed by atoms with Gasteiger partial charge in [-0.3, -0.25) is 9.59 Å². The molecule has 3 aliphatic rings. The largest absolute Gasteiger partial charge is 0.496 e. The number of fused-ring (bicyclic) bond motifs is 4. The Labute approximate surface area is 229 Å². The summed E-state index contributed by atoms with van der Waals surface area (Å²) in [6.07, 6.45) is 1.62. The lowest BCUT2D eigenvalue weighted by Gasteiger charge is -2.28. The fourth-order valence-corrected chi connectivity index (χ4v) is 5.19. The van der Waals surface area contributed by atoms with Crippen molar-refractivity contribution in [2.75, 3.05) is 41.7 Å². The number of ketones is 1. The van der Waals surface area contributed by atoms with Gasteiger partial charge in [0.15, 0.2) is 28.8 Å². The topological polar surface area (TPSA) is 108 Å². The van der Waals surface area contributed by atoms with E-state index in [9.17, 15) is 9.59 Å². The molecular weight excluding hydrogens is 520 g/mol. The molecule has 0 fully saturated rings. The Kier molecular flexibility index (Phi) is 6.37. The van der Waals surface area contributed by atoms with Gasteiger partial charge in [-0.1, -0.05) is 0 Å². The molecule has 0 N–H and O–H groups in total. The quantitative estimate of drug-likeness (QED) is 0.248. The van der Waals surface area contributed by atoms with E-state index in [4.69, 9.17) is 37.9 Å². The van der Waals surface area contributed by atoms with Gasteiger partial charge in [0.25, 0.3) is 0 Å². The van der Waals surface area contributed by atoms with E-state index in [2.05, 4.69) is 0 Å². The zero-order chi connectivity index (χ0) is 28.0. The highest BCUT2D eigenvalue weighted by Gasteiger charge is 2.39. The number of esters is 1. The van der Waals surface area contributed by atoms with Crippen LogP contribution in [0.3, 0.4) is 0 Å². The van der Waals surface area contributed by atoms with Crippen LogP contribution in [0.5, 0.6) is 46.0 Å². The van der Waals surface area contributed by atoms with Crippen molar-refractivity contribution in [3.63, 3.8) is 0 Å². The predicted molar refractivity (Wildman–Crippen MR) is 142 cm³/mol. The molecule has 206 valence electrons. The molecule has 0 amide bonds. The number of methoxy groups -OCH3 is 4. The minimum Gasteiger partial charge on any atom is -0.496 e. The lowest BCUT2D eigenvalue weighted by molar-refractivity contribution is -0.135. The molecular formula is C30H26O10. The van der Waals surface area contributed by atoms with Gasteiger partial charge in [-0.25, -0.2) is 0 Å². The van der Waals surface area contributed by atoms with Crippen LogP contribution >= 0.6 is 0 Å². The van der Waals surface area contributed by atoms with Crippen molar-refractivity contribution in [2.45, 2.75) is 12.3 Å². The highest BCUT2D eigenvalue weighted by atomic mass is 16.6. The van der Waals surface area contributed by atoms with Crippen LogP contribution in [-0.2, 0) is 4.79 Å². The summed E-state index contributed by atoms with van der Waals surface area (Å²) in [7, 11) is 6.11. The van der Waals surface area contributed by atoms with Crippen molar-refractivity contribution >= 4 is 17.8 Å². The number of hydrogen-bond donors (Lipinski definition) is 0. The molecule has 3 heterocycles. The average Bonchev–Trinajstić information content (AvgIpc) is 3.30. The minimum atomic E-state index is -0.487. The maximum absolute atomic E-state index is 13.5. The molecule has 10 nitrogen and oxygen atoms in total. The van der Waals surface area contributed by atoms with Crippen LogP contribution in [0.15, 0.2) is 42.2 Å². The van der Waals surface area contributed by atoms with Crippen LogP contribution in [0.1, 0.15) is 39.4 Å². The molecule has 0 bridgehead atoms. The third-order valence-corrected chi connectivity index (χ3v) is 7.05. The number of benzene rings is 3. The predicted octanol–water partition coefficient (Wildman–Crippen LogP) is 4.55. The second-order valence-corrected chi connectivity index (χ2v) is 9.22. The number of ether oxygens (including phenoxy) is 8. The fourth-order valence-electron chi connectivity index (χ4n) is 5.19. The molecule has 6 rings (SSSR count). The van der Waals surface area contributed by atoms with Gasteiger partial charge in [0, 0.05) is 23.1 Å². The van der Waals surface area contributed by atoms with E-state index in [1.165, 1.54) is 21.3 Å². The maximum Gasteiger partial charge on any atom is 0.312 e. The van der Waals surface area contributed by atoms with E-state index in [1.54, 1.807) is 37.5 Å². The Morgan fingerprint density at radius 1 is 0.750 bits per heavy atom. The Balaban J connectivity index is 1.45. The van der Waals surface area contributed by atoms with E-state index in [0.717, 1.165) is 5.56 Å². The molecule has 0 radical (unpaired) electrons. The van der Waals surface area contributed by atoms with Crippen molar-refractivity contribution in [3.8, 4) is 46.0 Å². The number of carbonyl (C=O) groups excluding carboxylic acids is 2. The van der Waals surface area contributed by atoms with Crippen molar-refractivity contribution in [2.24, 2.45) is 0 Å². The molecule has 10 heteroatoms. The van der Waals surface area contributed by atoms with Gasteiger partial charge in [-0.05, 0) is 42.0 Å². The summed E-state index contributed by atoms with van der Waals surface area (Å²) in [6, 6.07) is 10.2. The molecule has 0 aromatic heterocycles. The lowest BCUT2D eigenvalue weighted by atomic mass is 9.84. The summed E-state index contributed by atoms with van der Waals surface area (Å²) in [4.78, 5) is 26.2. The molecule has 40 heavy (non-hydrogen) atoms. The van der Waals surface area contributed by atoms with Crippen molar-refractivity contribution < 1.29 is 47.5 Å². The van der Waals surface area contributed by atoms with Crippen molar-refractivity contribution in [1.82, 2.24) is 0 Å². The molecule has 3 aliphatic heterocycles. The summed E-state index contributed by atoms with van der Waals surface area (Å²) >= 11 is 0. The lowest BCUT2D eigenvalue weighted by Crippen LogP contribution is -2.22. The monoisotopic (exact) mass is 546 g/mol. The molecule has 0 saturated heterocycles. The smallest absolute Gasteiger partial charge is 0.312 e. The molecule has 3 aromatic rings. The molecule has 3 aromatic carbocycles. The molecule has 1 unspecified atom stereocenters. The molecule has 0 spiro atoms. The zero-order valence-corrected chi connectivity index (χ0v) is 22.3. The number of hydrogen-bond acceptors (Lipinski definition) is 10.